The van der Waals surface area contributed by atoms with E-state index in [9.17, 15) is 18.0 Å². The maximum atomic E-state index is 12.0. The predicted molar refractivity (Wildman–Crippen MR) is 74.2 cm³/mol. The van der Waals surface area contributed by atoms with Crippen molar-refractivity contribution in [1.29, 1.82) is 0 Å². The lowest BCUT2D eigenvalue weighted by Gasteiger charge is -2.23. The third-order valence-corrected chi connectivity index (χ3v) is 4.20. The SMILES string of the molecule is CNC(=O)C(CC(C)C)NS(=O)(=O)N(C)CCC(=O)O. The second kappa shape index (κ2) is 8.18. The highest BCUT2D eigenvalue weighted by Gasteiger charge is 2.27. The average Bonchev–Trinajstić information content (AvgIpc) is 2.32. The number of carbonyl (C=O) groups is 2. The van der Waals surface area contributed by atoms with E-state index in [2.05, 4.69) is 10.0 Å². The first kappa shape index (κ1) is 18.8. The van der Waals surface area contributed by atoms with E-state index in [1.165, 1.54) is 14.1 Å². The first-order valence-corrected chi connectivity index (χ1v) is 7.71. The Hall–Kier alpha value is -1.19. The minimum atomic E-state index is -3.90. The van der Waals surface area contributed by atoms with Crippen LogP contribution in [0.3, 0.4) is 0 Å². The molecule has 0 aromatic heterocycles. The van der Waals surface area contributed by atoms with Crippen LogP contribution >= 0.6 is 0 Å². The van der Waals surface area contributed by atoms with Gasteiger partial charge in [-0.15, -0.1) is 0 Å². The highest BCUT2D eigenvalue weighted by molar-refractivity contribution is 7.87. The Morgan fingerprint density at radius 1 is 1.30 bits per heavy atom. The number of amides is 1. The number of aliphatic carboxylic acids is 1. The molecular weight excluding hydrogens is 286 g/mol. The number of nitrogens with one attached hydrogen (secondary N) is 2. The molecular formula is C11H23N3O5S. The van der Waals surface area contributed by atoms with Crippen LogP contribution in [0.4, 0.5) is 0 Å². The summed E-state index contributed by atoms with van der Waals surface area (Å²) in [4.78, 5) is 22.1. The van der Waals surface area contributed by atoms with Gasteiger partial charge in [-0.2, -0.15) is 17.4 Å². The second-order valence-electron chi connectivity index (χ2n) is 4.88. The van der Waals surface area contributed by atoms with Gasteiger partial charge in [-0.25, -0.2) is 0 Å². The van der Waals surface area contributed by atoms with Crippen molar-refractivity contribution in [2.24, 2.45) is 5.92 Å². The van der Waals surface area contributed by atoms with Gasteiger partial charge in [0.2, 0.25) is 5.91 Å². The molecule has 0 spiro atoms. The van der Waals surface area contributed by atoms with Gasteiger partial charge in [0.15, 0.2) is 0 Å². The molecule has 20 heavy (non-hydrogen) atoms. The number of carbonyl (C=O) groups excluding carboxylic acids is 1. The summed E-state index contributed by atoms with van der Waals surface area (Å²) in [6.07, 6.45) is 0.0535. The van der Waals surface area contributed by atoms with Gasteiger partial charge < -0.3 is 10.4 Å². The molecule has 0 aromatic rings. The van der Waals surface area contributed by atoms with Gasteiger partial charge >= 0.3 is 5.97 Å². The summed E-state index contributed by atoms with van der Waals surface area (Å²) < 4.78 is 27.2. The van der Waals surface area contributed by atoms with Crippen LogP contribution in [-0.4, -0.2) is 56.4 Å². The molecule has 0 radical (unpaired) electrons. The van der Waals surface area contributed by atoms with Gasteiger partial charge in [-0.05, 0) is 12.3 Å². The zero-order valence-corrected chi connectivity index (χ0v) is 13.0. The summed E-state index contributed by atoms with van der Waals surface area (Å²) in [6.45, 7) is 3.59. The summed E-state index contributed by atoms with van der Waals surface area (Å²) in [7, 11) is -1.20. The first-order chi connectivity index (χ1) is 9.10. The molecule has 3 N–H and O–H groups in total. The zero-order valence-electron chi connectivity index (χ0n) is 12.2. The summed E-state index contributed by atoms with van der Waals surface area (Å²) in [6, 6.07) is -0.878. The minimum Gasteiger partial charge on any atom is -0.481 e. The van der Waals surface area contributed by atoms with Crippen molar-refractivity contribution < 1.29 is 23.1 Å². The third-order valence-electron chi connectivity index (χ3n) is 2.61. The van der Waals surface area contributed by atoms with Crippen molar-refractivity contribution in [2.45, 2.75) is 32.7 Å². The lowest BCUT2D eigenvalue weighted by molar-refractivity contribution is -0.137. The second-order valence-corrected chi connectivity index (χ2v) is 6.69. The minimum absolute atomic E-state index is 0.129. The monoisotopic (exact) mass is 309 g/mol. The van der Waals surface area contributed by atoms with E-state index in [0.717, 1.165) is 4.31 Å². The van der Waals surface area contributed by atoms with Crippen molar-refractivity contribution in [3.8, 4) is 0 Å². The van der Waals surface area contributed by atoms with E-state index < -0.39 is 28.1 Å². The third kappa shape index (κ3) is 6.83. The molecule has 0 rings (SSSR count). The van der Waals surface area contributed by atoms with Crippen LogP contribution in [0.25, 0.3) is 0 Å². The molecule has 118 valence electrons. The highest BCUT2D eigenvalue weighted by Crippen LogP contribution is 2.07. The Kier molecular flexibility index (Phi) is 7.69. The number of carboxylic acids is 1. The topological polar surface area (TPSA) is 116 Å². The van der Waals surface area contributed by atoms with Gasteiger partial charge in [0.1, 0.15) is 6.04 Å². The van der Waals surface area contributed by atoms with Crippen molar-refractivity contribution in [3.05, 3.63) is 0 Å². The molecule has 0 heterocycles. The fourth-order valence-corrected chi connectivity index (χ4v) is 2.57. The number of carboxylic acid groups (broad SMARTS) is 1. The standard InChI is InChI=1S/C11H23N3O5S/c1-8(2)7-9(11(17)12-3)13-20(18,19)14(4)6-5-10(15)16/h8-9,13H,5-7H2,1-4H3,(H,12,17)(H,15,16). The van der Waals surface area contributed by atoms with Gasteiger partial charge in [0.05, 0.1) is 6.42 Å². The maximum Gasteiger partial charge on any atom is 0.304 e. The summed E-state index contributed by atoms with van der Waals surface area (Å²) >= 11 is 0. The van der Waals surface area contributed by atoms with Crippen LogP contribution in [0.15, 0.2) is 0 Å². The molecule has 0 aliphatic rings. The summed E-state index contributed by atoms with van der Waals surface area (Å²) in [5.41, 5.74) is 0. The van der Waals surface area contributed by atoms with Gasteiger partial charge in [0.25, 0.3) is 10.2 Å². The summed E-state index contributed by atoms with van der Waals surface area (Å²) in [5.74, 6) is -1.38. The van der Waals surface area contributed by atoms with E-state index in [0.29, 0.717) is 6.42 Å². The predicted octanol–water partition coefficient (Wildman–Crippen LogP) is -0.612. The molecule has 1 atom stereocenters. The lowest BCUT2D eigenvalue weighted by Crippen LogP contribution is -2.50. The van der Waals surface area contributed by atoms with E-state index in [4.69, 9.17) is 5.11 Å². The van der Waals surface area contributed by atoms with Gasteiger partial charge in [-0.3, -0.25) is 9.59 Å². The fourth-order valence-electron chi connectivity index (χ4n) is 1.50. The first-order valence-electron chi connectivity index (χ1n) is 6.27. The molecule has 0 aromatic carbocycles. The fraction of sp³-hybridized carbons (Fsp3) is 0.818. The van der Waals surface area contributed by atoms with E-state index in [1.54, 1.807) is 0 Å². The number of hydrogen-bond donors (Lipinski definition) is 3. The van der Waals surface area contributed by atoms with Crippen LogP contribution in [0.2, 0.25) is 0 Å². The number of rotatable bonds is 9. The highest BCUT2D eigenvalue weighted by atomic mass is 32.2. The van der Waals surface area contributed by atoms with Crippen molar-refractivity contribution in [1.82, 2.24) is 14.3 Å². The molecule has 0 fully saturated rings. The Bertz CT molecular complexity index is 435. The van der Waals surface area contributed by atoms with Crippen molar-refractivity contribution in [3.63, 3.8) is 0 Å². The molecule has 0 aliphatic heterocycles. The zero-order chi connectivity index (χ0) is 15.9. The van der Waals surface area contributed by atoms with Crippen LogP contribution in [0.1, 0.15) is 26.7 Å². The Morgan fingerprint density at radius 3 is 2.25 bits per heavy atom. The molecule has 9 heteroatoms. The summed E-state index contributed by atoms with van der Waals surface area (Å²) in [5, 5.41) is 11.0. The van der Waals surface area contributed by atoms with E-state index in [1.807, 2.05) is 13.8 Å². The Labute approximate surface area is 119 Å². The lowest BCUT2D eigenvalue weighted by atomic mass is 10.0. The molecule has 8 nitrogen and oxygen atoms in total. The van der Waals surface area contributed by atoms with E-state index in [-0.39, 0.29) is 18.9 Å². The number of likely N-dealkylation sites (N-methyl/N-ethyl adjacent to an activating group) is 1. The van der Waals surface area contributed by atoms with Gasteiger partial charge in [0, 0.05) is 20.6 Å². The Morgan fingerprint density at radius 2 is 1.85 bits per heavy atom. The normalized spacial score (nSPS) is 13.5. The largest absolute Gasteiger partial charge is 0.481 e. The smallest absolute Gasteiger partial charge is 0.304 e. The number of nitrogens with zero attached hydrogens (tertiary/aromatic N) is 1. The molecule has 0 saturated carbocycles. The molecule has 1 amide bonds. The molecule has 1 unspecified atom stereocenters. The van der Waals surface area contributed by atoms with Gasteiger partial charge in [-0.1, -0.05) is 13.8 Å². The maximum absolute atomic E-state index is 12.0. The van der Waals surface area contributed by atoms with Crippen molar-refractivity contribution >= 4 is 22.1 Å². The average molecular weight is 309 g/mol. The van der Waals surface area contributed by atoms with Crippen LogP contribution in [0, 0.1) is 5.92 Å². The number of hydrogen-bond acceptors (Lipinski definition) is 4. The van der Waals surface area contributed by atoms with Crippen LogP contribution < -0.4 is 10.0 Å². The quantitative estimate of drug-likeness (QED) is 0.525. The molecule has 0 aliphatic carbocycles. The van der Waals surface area contributed by atoms with Crippen LogP contribution in [-0.2, 0) is 19.8 Å². The van der Waals surface area contributed by atoms with Crippen LogP contribution in [0.5, 0.6) is 0 Å². The van der Waals surface area contributed by atoms with Crippen molar-refractivity contribution in [2.75, 3.05) is 20.6 Å². The Balaban J connectivity index is 4.82. The molecule has 0 saturated heterocycles. The van der Waals surface area contributed by atoms with E-state index >= 15 is 0 Å². The molecule has 0 bridgehead atoms.